The van der Waals surface area contributed by atoms with Crippen LogP contribution in [-0.2, 0) is 27.8 Å². The topological polar surface area (TPSA) is 99.2 Å². The van der Waals surface area contributed by atoms with E-state index in [1.807, 2.05) is 25.1 Å². The third-order valence-electron chi connectivity index (χ3n) is 7.93. The Morgan fingerprint density at radius 2 is 1.77 bits per heavy atom. The van der Waals surface area contributed by atoms with Crippen molar-refractivity contribution in [3.8, 4) is 16.9 Å². The Bertz CT molecular complexity index is 1640. The highest BCUT2D eigenvalue weighted by atomic mass is 32.2. The Labute approximate surface area is 264 Å². The summed E-state index contributed by atoms with van der Waals surface area (Å²) in [5.41, 5.74) is 4.47. The van der Waals surface area contributed by atoms with Crippen molar-refractivity contribution in [2.24, 2.45) is 5.92 Å². The van der Waals surface area contributed by atoms with Crippen LogP contribution >= 0.6 is 11.3 Å². The molecular formula is C34H39N3O5S2. The van der Waals surface area contributed by atoms with Gasteiger partial charge in [-0.25, -0.2) is 8.42 Å². The van der Waals surface area contributed by atoms with Crippen LogP contribution in [0.15, 0.2) is 94.5 Å². The van der Waals surface area contributed by atoms with Gasteiger partial charge >= 0.3 is 0 Å². The van der Waals surface area contributed by atoms with Gasteiger partial charge in [0, 0.05) is 36.8 Å². The molecule has 0 aliphatic carbocycles. The van der Waals surface area contributed by atoms with E-state index in [1.54, 1.807) is 40.6 Å². The lowest BCUT2D eigenvalue weighted by molar-refractivity contribution is -0.134. The van der Waals surface area contributed by atoms with Crippen molar-refractivity contribution in [1.29, 1.82) is 0 Å². The number of nitrogens with one attached hydrogen (secondary N) is 1. The largest absolute Gasteiger partial charge is 0.488 e. The van der Waals surface area contributed by atoms with E-state index in [-0.39, 0.29) is 41.2 Å². The van der Waals surface area contributed by atoms with E-state index in [0.717, 1.165) is 11.3 Å². The van der Waals surface area contributed by atoms with E-state index < -0.39 is 10.0 Å². The number of hydrogen-bond donors (Lipinski definition) is 2. The van der Waals surface area contributed by atoms with Crippen LogP contribution in [0.25, 0.3) is 11.1 Å². The van der Waals surface area contributed by atoms with Crippen LogP contribution in [0.2, 0.25) is 0 Å². The van der Waals surface area contributed by atoms with Gasteiger partial charge in [-0.1, -0.05) is 67.6 Å². The number of likely N-dealkylation sites (N-methyl/N-ethyl adjacent to an activating group) is 1. The second-order valence-corrected chi connectivity index (χ2v) is 14.4. The number of nitrogens with zero attached hydrogens (tertiary/aromatic N) is 2. The Kier molecular flexibility index (Phi) is 10.1. The van der Waals surface area contributed by atoms with Crippen LogP contribution in [0.3, 0.4) is 0 Å². The molecule has 4 aromatic rings. The number of sulfonamides is 1. The van der Waals surface area contributed by atoms with Crippen molar-refractivity contribution in [2.45, 2.75) is 43.2 Å². The second-order valence-electron chi connectivity index (χ2n) is 11.5. The summed E-state index contributed by atoms with van der Waals surface area (Å²) in [6.45, 7) is 5.48. The minimum absolute atomic E-state index is 0.0251. The molecular weight excluding hydrogens is 595 g/mol. The molecule has 0 bridgehead atoms. The zero-order valence-corrected chi connectivity index (χ0v) is 26.9. The standard InChI is InChI=1S/C34H39N3O5S2/c1-24-20-37(25(2)23-38)33(39)19-29-18-30(35-44(40,41)34-10-7-17-43-34)15-16-31(29)42-32(24)22-36(3)21-26-11-13-28(14-12-26)27-8-5-4-6-9-27/h4-18,24-25,32,35,38H,19-23H2,1-3H3/t24-,25+,32+/m1/s1. The van der Waals surface area contributed by atoms with Gasteiger partial charge in [-0.15, -0.1) is 11.3 Å². The number of benzene rings is 3. The van der Waals surface area contributed by atoms with Crippen molar-refractivity contribution in [1.82, 2.24) is 9.80 Å². The number of amides is 1. The number of carbonyl (C=O) groups is 1. The molecule has 3 aromatic carbocycles. The molecule has 0 spiro atoms. The van der Waals surface area contributed by atoms with E-state index in [4.69, 9.17) is 4.74 Å². The molecule has 0 saturated carbocycles. The van der Waals surface area contributed by atoms with Gasteiger partial charge < -0.3 is 14.7 Å². The third-order valence-corrected chi connectivity index (χ3v) is 10.7. The monoisotopic (exact) mass is 633 g/mol. The fourth-order valence-electron chi connectivity index (χ4n) is 5.45. The van der Waals surface area contributed by atoms with Gasteiger partial charge in [-0.2, -0.15) is 0 Å². The molecule has 2 heterocycles. The summed E-state index contributed by atoms with van der Waals surface area (Å²) in [5.74, 6) is 0.362. The Balaban J connectivity index is 1.37. The Hall–Kier alpha value is -3.70. The fourth-order valence-corrected chi connectivity index (χ4v) is 7.49. The zero-order valence-electron chi connectivity index (χ0n) is 25.2. The summed E-state index contributed by atoms with van der Waals surface area (Å²) in [6, 6.07) is 26.8. The van der Waals surface area contributed by atoms with Crippen LogP contribution in [0.4, 0.5) is 5.69 Å². The first kappa shape index (κ1) is 31.7. The van der Waals surface area contributed by atoms with Crippen molar-refractivity contribution in [2.75, 3.05) is 31.5 Å². The first-order valence-electron chi connectivity index (χ1n) is 14.7. The molecule has 5 rings (SSSR count). The summed E-state index contributed by atoms with van der Waals surface area (Å²) < 4.78 is 35.2. The number of aliphatic hydroxyl groups is 1. The smallest absolute Gasteiger partial charge is 0.271 e. The molecule has 0 radical (unpaired) electrons. The number of anilines is 1. The maximum Gasteiger partial charge on any atom is 0.271 e. The number of ether oxygens (including phenoxy) is 1. The molecule has 0 unspecified atom stereocenters. The molecule has 44 heavy (non-hydrogen) atoms. The Morgan fingerprint density at radius 3 is 2.45 bits per heavy atom. The van der Waals surface area contributed by atoms with E-state index in [0.29, 0.717) is 36.6 Å². The second kappa shape index (κ2) is 13.9. The molecule has 0 saturated heterocycles. The molecule has 3 atom stereocenters. The predicted octanol–water partition coefficient (Wildman–Crippen LogP) is 5.50. The number of aliphatic hydroxyl groups excluding tert-OH is 1. The summed E-state index contributed by atoms with van der Waals surface area (Å²) >= 11 is 1.13. The molecule has 10 heteroatoms. The van der Waals surface area contributed by atoms with Gasteiger partial charge in [0.1, 0.15) is 16.1 Å². The van der Waals surface area contributed by atoms with Gasteiger partial charge in [-0.3, -0.25) is 14.4 Å². The summed E-state index contributed by atoms with van der Waals surface area (Å²) in [7, 11) is -1.70. The van der Waals surface area contributed by atoms with Crippen LogP contribution < -0.4 is 9.46 Å². The van der Waals surface area contributed by atoms with Crippen molar-refractivity contribution < 1.29 is 23.1 Å². The zero-order chi connectivity index (χ0) is 31.3. The lowest BCUT2D eigenvalue weighted by atomic mass is 10.0. The van der Waals surface area contributed by atoms with Gasteiger partial charge in [-0.05, 0) is 60.3 Å². The summed E-state index contributed by atoms with van der Waals surface area (Å²) in [6.07, 6.45) is -0.243. The van der Waals surface area contributed by atoms with Crippen LogP contribution in [0.5, 0.6) is 5.75 Å². The van der Waals surface area contributed by atoms with E-state index in [2.05, 4.69) is 60.0 Å². The first-order chi connectivity index (χ1) is 21.1. The molecule has 232 valence electrons. The van der Waals surface area contributed by atoms with Gasteiger partial charge in [0.05, 0.1) is 19.1 Å². The van der Waals surface area contributed by atoms with Crippen LogP contribution in [0.1, 0.15) is 25.0 Å². The fraction of sp³-hybridized carbons (Fsp3) is 0.324. The highest BCUT2D eigenvalue weighted by molar-refractivity contribution is 7.94. The van der Waals surface area contributed by atoms with Gasteiger partial charge in [0.15, 0.2) is 0 Å². The minimum atomic E-state index is -3.75. The summed E-state index contributed by atoms with van der Waals surface area (Å²) in [4.78, 5) is 17.4. The minimum Gasteiger partial charge on any atom is -0.488 e. The third kappa shape index (κ3) is 7.68. The number of rotatable bonds is 10. The molecule has 0 fully saturated rings. The van der Waals surface area contributed by atoms with E-state index in [1.165, 1.54) is 16.7 Å². The average molecular weight is 634 g/mol. The van der Waals surface area contributed by atoms with Gasteiger partial charge in [0.25, 0.3) is 10.0 Å². The number of thiophene rings is 1. The van der Waals surface area contributed by atoms with Crippen molar-refractivity contribution in [3.63, 3.8) is 0 Å². The number of hydrogen-bond acceptors (Lipinski definition) is 7. The lowest BCUT2D eigenvalue weighted by Gasteiger charge is -2.34. The van der Waals surface area contributed by atoms with Crippen LogP contribution in [0, 0.1) is 5.92 Å². The van der Waals surface area contributed by atoms with Crippen LogP contribution in [-0.4, -0.2) is 68.1 Å². The maximum atomic E-state index is 13.5. The quantitative estimate of drug-likeness (QED) is 0.240. The average Bonchev–Trinajstić information content (AvgIpc) is 3.58. The normalized spacial score (nSPS) is 18.1. The van der Waals surface area contributed by atoms with Crippen molar-refractivity contribution >= 4 is 33.0 Å². The maximum absolute atomic E-state index is 13.5. The Morgan fingerprint density at radius 1 is 1.05 bits per heavy atom. The molecule has 1 aliphatic rings. The van der Waals surface area contributed by atoms with Gasteiger partial charge in [0.2, 0.25) is 5.91 Å². The lowest BCUT2D eigenvalue weighted by Crippen LogP contribution is -2.47. The highest BCUT2D eigenvalue weighted by Crippen LogP contribution is 2.31. The van der Waals surface area contributed by atoms with E-state index >= 15 is 0 Å². The molecule has 1 amide bonds. The predicted molar refractivity (Wildman–Crippen MR) is 175 cm³/mol. The highest BCUT2D eigenvalue weighted by Gasteiger charge is 2.31. The molecule has 8 nitrogen and oxygen atoms in total. The number of carbonyl (C=O) groups excluding carboxylic acids is 1. The SMILES string of the molecule is C[C@@H]1CN([C@@H](C)CO)C(=O)Cc2cc(NS(=O)(=O)c3cccs3)ccc2O[C@H]1CN(C)Cc1ccc(-c2ccccc2)cc1. The number of fused-ring (bicyclic) bond motifs is 1. The molecule has 1 aliphatic heterocycles. The van der Waals surface area contributed by atoms with Crippen molar-refractivity contribution in [3.05, 3.63) is 101 Å². The molecule has 2 N–H and O–H groups in total. The molecule has 1 aromatic heterocycles. The summed E-state index contributed by atoms with van der Waals surface area (Å²) in [5, 5.41) is 11.6. The van der Waals surface area contributed by atoms with E-state index in [9.17, 15) is 18.3 Å². The first-order valence-corrected chi connectivity index (χ1v) is 17.1.